The first-order valence-electron chi connectivity index (χ1n) is 13.7. The number of carbonyl (C=O) groups is 3. The van der Waals surface area contributed by atoms with Gasteiger partial charge in [-0.1, -0.05) is 54.9 Å². The first-order valence-corrected chi connectivity index (χ1v) is 14.0. The first-order chi connectivity index (χ1) is 19.1. The summed E-state index contributed by atoms with van der Waals surface area (Å²) in [4.78, 5) is 45.7. The predicted octanol–water partition coefficient (Wildman–Crippen LogP) is 4.17. The van der Waals surface area contributed by atoms with Gasteiger partial charge >= 0.3 is 5.97 Å². The zero-order valence-electron chi connectivity index (χ0n) is 23.0. The van der Waals surface area contributed by atoms with E-state index in [1.807, 2.05) is 44.2 Å². The van der Waals surface area contributed by atoms with Gasteiger partial charge in [0.1, 0.15) is 17.6 Å². The number of fused-ring (bicyclic) bond motifs is 1. The van der Waals surface area contributed by atoms with Crippen molar-refractivity contribution in [1.29, 1.82) is 0 Å². The van der Waals surface area contributed by atoms with Crippen molar-refractivity contribution in [2.75, 3.05) is 24.7 Å². The Labute approximate surface area is 239 Å². The summed E-state index contributed by atoms with van der Waals surface area (Å²) in [6.45, 7) is 9.30. The fourth-order valence-electron chi connectivity index (χ4n) is 7.13. The minimum absolute atomic E-state index is 0.131. The van der Waals surface area contributed by atoms with E-state index < -0.39 is 53.6 Å². The number of likely N-dealkylation sites (tertiary alicyclic amines) is 1. The molecule has 1 spiro atoms. The van der Waals surface area contributed by atoms with Crippen molar-refractivity contribution in [3.8, 4) is 0 Å². The molecule has 5 rings (SSSR count). The van der Waals surface area contributed by atoms with Crippen LogP contribution in [0.2, 0.25) is 5.02 Å². The van der Waals surface area contributed by atoms with Crippen LogP contribution in [0.25, 0.3) is 0 Å². The highest BCUT2D eigenvalue weighted by Gasteiger charge is 2.80. The Kier molecular flexibility index (Phi) is 7.54. The maximum absolute atomic E-state index is 14.7. The number of rotatable bonds is 9. The minimum Gasteiger partial charge on any atom is -0.466 e. The van der Waals surface area contributed by atoms with Gasteiger partial charge < -0.3 is 24.4 Å². The predicted molar refractivity (Wildman–Crippen MR) is 151 cm³/mol. The number of hydrogen-bond acceptors (Lipinski definition) is 6. The van der Waals surface area contributed by atoms with E-state index in [9.17, 15) is 19.5 Å². The van der Waals surface area contributed by atoms with Gasteiger partial charge in [-0.25, -0.2) is 0 Å². The Bertz CT molecular complexity index is 1300. The number of nitrogens with zero attached hydrogens (tertiary/aromatic N) is 2. The van der Waals surface area contributed by atoms with Gasteiger partial charge in [-0.3, -0.25) is 14.4 Å². The lowest BCUT2D eigenvalue weighted by Gasteiger charge is -2.39. The van der Waals surface area contributed by atoms with Crippen LogP contribution in [-0.2, 0) is 23.9 Å². The van der Waals surface area contributed by atoms with Crippen LogP contribution in [0.5, 0.6) is 0 Å². The Morgan fingerprint density at radius 2 is 1.93 bits per heavy atom. The smallest absolute Gasteiger partial charge is 0.312 e. The van der Waals surface area contributed by atoms with Crippen molar-refractivity contribution in [2.45, 2.75) is 50.5 Å². The number of amides is 2. The Morgan fingerprint density at radius 1 is 1.25 bits per heavy atom. The Hall–Kier alpha value is -3.20. The van der Waals surface area contributed by atoms with Crippen molar-refractivity contribution in [2.24, 2.45) is 17.8 Å². The fraction of sp³-hybridized carbons (Fsp3) is 0.452. The molecular weight excluding hydrogens is 532 g/mol. The molecule has 0 aliphatic carbocycles. The first kappa shape index (κ1) is 28.3. The van der Waals surface area contributed by atoms with E-state index in [2.05, 4.69) is 6.58 Å². The molecule has 2 bridgehead atoms. The lowest BCUT2D eigenvalue weighted by atomic mass is 9.62. The molecule has 3 saturated heterocycles. The van der Waals surface area contributed by atoms with Gasteiger partial charge in [-0.15, -0.1) is 6.58 Å². The second-order valence-electron chi connectivity index (χ2n) is 11.0. The zero-order chi connectivity index (χ0) is 28.8. The molecule has 9 heteroatoms. The molecule has 2 amide bonds. The zero-order valence-corrected chi connectivity index (χ0v) is 23.7. The van der Waals surface area contributed by atoms with Crippen LogP contribution in [0.15, 0.2) is 67.3 Å². The normalized spacial score (nSPS) is 31.1. The van der Waals surface area contributed by atoms with E-state index in [0.717, 1.165) is 0 Å². The highest BCUT2D eigenvalue weighted by molar-refractivity contribution is 6.30. The van der Waals surface area contributed by atoms with Gasteiger partial charge in [0.2, 0.25) is 5.91 Å². The second kappa shape index (κ2) is 10.7. The molecule has 3 aliphatic heterocycles. The monoisotopic (exact) mass is 566 g/mol. The molecule has 0 saturated carbocycles. The number of halogens is 1. The Morgan fingerprint density at radius 3 is 2.52 bits per heavy atom. The summed E-state index contributed by atoms with van der Waals surface area (Å²) in [6.07, 6.45) is 2.01. The molecule has 0 aromatic heterocycles. The van der Waals surface area contributed by atoms with Crippen LogP contribution in [0, 0.1) is 17.8 Å². The van der Waals surface area contributed by atoms with Gasteiger partial charge in [0.25, 0.3) is 5.91 Å². The van der Waals surface area contributed by atoms with Crippen molar-refractivity contribution in [3.63, 3.8) is 0 Å². The summed E-state index contributed by atoms with van der Waals surface area (Å²) in [5, 5.41) is 11.2. The fourth-order valence-corrected chi connectivity index (χ4v) is 7.26. The molecule has 212 valence electrons. The molecule has 3 aliphatic rings. The average molecular weight is 567 g/mol. The van der Waals surface area contributed by atoms with E-state index >= 15 is 0 Å². The van der Waals surface area contributed by atoms with E-state index in [0.29, 0.717) is 22.7 Å². The second-order valence-corrected chi connectivity index (χ2v) is 11.5. The number of esters is 1. The summed E-state index contributed by atoms with van der Waals surface area (Å²) in [5.74, 6) is -3.24. The number of hydrogen-bond donors (Lipinski definition) is 1. The van der Waals surface area contributed by atoms with E-state index in [-0.39, 0.29) is 25.0 Å². The number of aliphatic hydroxyl groups is 1. The summed E-state index contributed by atoms with van der Waals surface area (Å²) in [6, 6.07) is 14.0. The molecule has 1 N–H and O–H groups in total. The molecule has 2 aromatic carbocycles. The average Bonchev–Trinajstić information content (AvgIpc) is 3.46. The highest BCUT2D eigenvalue weighted by Crippen LogP contribution is 2.66. The van der Waals surface area contributed by atoms with Crippen LogP contribution < -0.4 is 4.90 Å². The number of benzene rings is 2. The summed E-state index contributed by atoms with van der Waals surface area (Å²) >= 11 is 6.13. The number of carbonyl (C=O) groups excluding carboxylic acids is 3. The van der Waals surface area contributed by atoms with Crippen molar-refractivity contribution < 1.29 is 29.0 Å². The number of ether oxygens (including phenoxy) is 2. The Balaban J connectivity index is 1.69. The van der Waals surface area contributed by atoms with Crippen LogP contribution in [0.4, 0.5) is 5.69 Å². The highest BCUT2D eigenvalue weighted by atomic mass is 35.5. The van der Waals surface area contributed by atoms with Crippen LogP contribution >= 0.6 is 11.6 Å². The molecule has 2 aromatic rings. The number of aliphatic hydroxyl groups excluding tert-OH is 1. The maximum Gasteiger partial charge on any atom is 0.312 e. The lowest BCUT2D eigenvalue weighted by molar-refractivity contribution is -0.162. The van der Waals surface area contributed by atoms with Gasteiger partial charge in [0, 0.05) is 17.3 Å². The SMILES string of the molecule is C=CCN(C(=O)C1N([C@H](CO)c2ccccc2)C(=O)[C@@H]2[C@H](C(=O)OCC)[C@@]3(C)OC12CC3C)c1ccc(Cl)cc1. The third-order valence-electron chi connectivity index (χ3n) is 8.94. The van der Waals surface area contributed by atoms with Crippen molar-refractivity contribution in [3.05, 3.63) is 77.8 Å². The van der Waals surface area contributed by atoms with E-state index in [1.165, 1.54) is 4.90 Å². The van der Waals surface area contributed by atoms with Gasteiger partial charge in [-0.2, -0.15) is 0 Å². The number of anilines is 1. The molecule has 3 heterocycles. The molecule has 8 nitrogen and oxygen atoms in total. The van der Waals surface area contributed by atoms with Gasteiger partial charge in [0.05, 0.1) is 30.8 Å². The summed E-state index contributed by atoms with van der Waals surface area (Å²) in [5.41, 5.74) is -1.01. The maximum atomic E-state index is 14.7. The van der Waals surface area contributed by atoms with Crippen LogP contribution in [0.1, 0.15) is 38.8 Å². The molecule has 3 fully saturated rings. The summed E-state index contributed by atoms with van der Waals surface area (Å²) in [7, 11) is 0. The molecule has 3 unspecified atom stereocenters. The largest absolute Gasteiger partial charge is 0.466 e. The standard InChI is InChI=1S/C31H35ClN2O6/c1-5-16-33(22-14-12-21(32)13-15-22)28(37)26-31-17-19(3)30(4,40-31)25(29(38)39-6-2)24(31)27(36)34(26)23(18-35)20-10-8-7-9-11-20/h5,7-15,19,23-26,35H,1,6,16-18H2,2-4H3/t19?,23-,24+,25-,26?,30+,31?/m1/s1. The third kappa shape index (κ3) is 4.16. The van der Waals surface area contributed by atoms with Gasteiger partial charge in [-0.05, 0) is 56.0 Å². The molecular formula is C31H35ClN2O6. The van der Waals surface area contributed by atoms with Crippen LogP contribution in [0.3, 0.4) is 0 Å². The quantitative estimate of drug-likeness (QED) is 0.362. The van der Waals surface area contributed by atoms with E-state index in [4.69, 9.17) is 21.1 Å². The van der Waals surface area contributed by atoms with E-state index in [1.54, 1.807) is 42.2 Å². The van der Waals surface area contributed by atoms with Crippen LogP contribution in [-0.4, -0.2) is 64.8 Å². The minimum atomic E-state index is -1.28. The van der Waals surface area contributed by atoms with Gasteiger partial charge in [0.15, 0.2) is 0 Å². The third-order valence-corrected chi connectivity index (χ3v) is 9.19. The molecule has 0 radical (unpaired) electrons. The lowest BCUT2D eigenvalue weighted by Crippen LogP contribution is -2.57. The van der Waals surface area contributed by atoms with Crippen molar-refractivity contribution in [1.82, 2.24) is 4.90 Å². The molecule has 7 atom stereocenters. The molecule has 40 heavy (non-hydrogen) atoms. The topological polar surface area (TPSA) is 96.4 Å². The summed E-state index contributed by atoms with van der Waals surface area (Å²) < 4.78 is 12.2. The van der Waals surface area contributed by atoms with Crippen molar-refractivity contribution >= 4 is 35.1 Å².